The summed E-state index contributed by atoms with van der Waals surface area (Å²) in [6.45, 7) is 7.78. The lowest BCUT2D eigenvalue weighted by Crippen LogP contribution is -2.44. The first-order valence-corrected chi connectivity index (χ1v) is 8.85. The Labute approximate surface area is 143 Å². The highest BCUT2D eigenvalue weighted by molar-refractivity contribution is 6.30. The van der Waals surface area contributed by atoms with Gasteiger partial charge in [-0.3, -0.25) is 14.5 Å². The summed E-state index contributed by atoms with van der Waals surface area (Å²) in [4.78, 5) is 4.64. The van der Waals surface area contributed by atoms with Crippen LogP contribution in [0.4, 0.5) is 0 Å². The van der Waals surface area contributed by atoms with Crippen LogP contribution in [0.1, 0.15) is 30.1 Å². The zero-order valence-electron chi connectivity index (χ0n) is 14.0. The summed E-state index contributed by atoms with van der Waals surface area (Å²) in [5.74, 6) is 0. The summed E-state index contributed by atoms with van der Waals surface area (Å²) in [5, 5.41) is 15.7. The Balaban J connectivity index is 1.62. The molecule has 1 aromatic rings. The third kappa shape index (κ3) is 3.88. The van der Waals surface area contributed by atoms with Gasteiger partial charge in [0.1, 0.15) is 5.15 Å². The number of ether oxygens (including phenoxy) is 1. The quantitative estimate of drug-likeness (QED) is 0.871. The van der Waals surface area contributed by atoms with Crippen molar-refractivity contribution in [3.05, 3.63) is 16.4 Å². The van der Waals surface area contributed by atoms with Crippen molar-refractivity contribution < 1.29 is 9.84 Å². The van der Waals surface area contributed by atoms with Gasteiger partial charge in [0.05, 0.1) is 25.0 Å². The third-order valence-corrected chi connectivity index (χ3v) is 5.36. The minimum atomic E-state index is -0.343. The monoisotopic (exact) mass is 342 g/mol. The van der Waals surface area contributed by atoms with E-state index in [1.165, 1.54) is 0 Å². The Bertz CT molecular complexity index is 530. The number of halogens is 1. The van der Waals surface area contributed by atoms with Gasteiger partial charge < -0.3 is 9.84 Å². The summed E-state index contributed by atoms with van der Waals surface area (Å²) < 4.78 is 7.10. The number of aryl methyl sites for hydroxylation is 2. The van der Waals surface area contributed by atoms with Gasteiger partial charge in [-0.15, -0.1) is 0 Å². The SMILES string of the molecule is Cc1nn(C)c(Cl)c1[C@H]1CCCN1C[C@H](O)CN1CCOCC1. The Kier molecular flexibility index (Phi) is 5.59. The number of aromatic nitrogens is 2. The third-order valence-electron chi connectivity index (χ3n) is 4.91. The molecule has 0 unspecified atom stereocenters. The fourth-order valence-electron chi connectivity index (χ4n) is 3.81. The second-order valence-corrected chi connectivity index (χ2v) is 6.99. The molecule has 0 amide bonds. The first kappa shape index (κ1) is 17.2. The van der Waals surface area contributed by atoms with Crippen LogP contribution in [0.25, 0.3) is 0 Å². The lowest BCUT2D eigenvalue weighted by Gasteiger charge is -2.31. The molecule has 0 aliphatic carbocycles. The maximum absolute atomic E-state index is 10.5. The maximum Gasteiger partial charge on any atom is 0.131 e. The highest BCUT2D eigenvalue weighted by Gasteiger charge is 2.32. The van der Waals surface area contributed by atoms with Crippen molar-refractivity contribution in [1.29, 1.82) is 0 Å². The minimum absolute atomic E-state index is 0.274. The maximum atomic E-state index is 10.5. The summed E-state index contributed by atoms with van der Waals surface area (Å²) >= 11 is 6.44. The minimum Gasteiger partial charge on any atom is -0.390 e. The molecule has 3 heterocycles. The summed E-state index contributed by atoms with van der Waals surface area (Å²) in [7, 11) is 1.88. The highest BCUT2D eigenvalue weighted by Crippen LogP contribution is 2.37. The van der Waals surface area contributed by atoms with Gasteiger partial charge in [0.25, 0.3) is 0 Å². The van der Waals surface area contributed by atoms with E-state index in [2.05, 4.69) is 14.9 Å². The molecule has 7 heteroatoms. The molecule has 0 spiro atoms. The van der Waals surface area contributed by atoms with Crippen LogP contribution in [0.2, 0.25) is 5.15 Å². The van der Waals surface area contributed by atoms with E-state index in [-0.39, 0.29) is 12.1 Å². The van der Waals surface area contributed by atoms with Crippen molar-refractivity contribution in [1.82, 2.24) is 19.6 Å². The van der Waals surface area contributed by atoms with Gasteiger partial charge in [-0.25, -0.2) is 0 Å². The fraction of sp³-hybridized carbons (Fsp3) is 0.812. The van der Waals surface area contributed by atoms with E-state index in [0.29, 0.717) is 13.1 Å². The Morgan fingerprint density at radius 2 is 2.04 bits per heavy atom. The number of likely N-dealkylation sites (tertiary alicyclic amines) is 1. The van der Waals surface area contributed by atoms with Crippen molar-refractivity contribution in [2.45, 2.75) is 31.9 Å². The molecule has 0 bridgehead atoms. The lowest BCUT2D eigenvalue weighted by atomic mass is 10.1. The van der Waals surface area contributed by atoms with E-state index < -0.39 is 0 Å². The molecule has 6 nitrogen and oxygen atoms in total. The first-order chi connectivity index (χ1) is 11.1. The van der Waals surface area contributed by atoms with E-state index in [9.17, 15) is 5.11 Å². The summed E-state index contributed by atoms with van der Waals surface area (Å²) in [5.41, 5.74) is 2.13. The fourth-order valence-corrected chi connectivity index (χ4v) is 4.11. The van der Waals surface area contributed by atoms with Gasteiger partial charge in [-0.2, -0.15) is 5.10 Å². The standard InChI is InChI=1S/C16H27ClN4O2/c1-12-15(16(17)19(2)18-12)14-4-3-5-21(14)11-13(22)10-20-6-8-23-9-7-20/h13-14,22H,3-11H2,1-2H3/t13-,14-/m1/s1. The predicted molar refractivity (Wildman–Crippen MR) is 89.8 cm³/mol. The zero-order chi connectivity index (χ0) is 16.4. The number of morpholine rings is 1. The summed E-state index contributed by atoms with van der Waals surface area (Å²) in [6.07, 6.45) is 1.88. The Hall–Kier alpha value is -0.660. The Morgan fingerprint density at radius 3 is 2.70 bits per heavy atom. The molecule has 0 saturated carbocycles. The largest absolute Gasteiger partial charge is 0.390 e. The molecule has 130 valence electrons. The van der Waals surface area contributed by atoms with Crippen molar-refractivity contribution in [2.24, 2.45) is 7.05 Å². The van der Waals surface area contributed by atoms with Crippen LogP contribution in [0.3, 0.4) is 0 Å². The van der Waals surface area contributed by atoms with Gasteiger partial charge in [0.2, 0.25) is 0 Å². The van der Waals surface area contributed by atoms with Crippen LogP contribution in [0.5, 0.6) is 0 Å². The normalized spacial score (nSPS) is 25.1. The molecule has 2 saturated heterocycles. The van der Waals surface area contributed by atoms with Crippen LogP contribution in [0.15, 0.2) is 0 Å². The van der Waals surface area contributed by atoms with Crippen LogP contribution in [-0.2, 0) is 11.8 Å². The van der Waals surface area contributed by atoms with E-state index in [0.717, 1.165) is 62.1 Å². The molecule has 2 atom stereocenters. The van der Waals surface area contributed by atoms with Crippen molar-refractivity contribution in [2.75, 3.05) is 45.9 Å². The number of hydrogen-bond acceptors (Lipinski definition) is 5. The molecular formula is C16H27ClN4O2. The smallest absolute Gasteiger partial charge is 0.131 e. The van der Waals surface area contributed by atoms with E-state index in [1.807, 2.05) is 14.0 Å². The number of rotatable bonds is 5. The number of β-amino-alcohol motifs (C(OH)–C–C–N with tert-alkyl or cyclic N) is 1. The van der Waals surface area contributed by atoms with Crippen molar-refractivity contribution >= 4 is 11.6 Å². The van der Waals surface area contributed by atoms with Crippen molar-refractivity contribution in [3.63, 3.8) is 0 Å². The van der Waals surface area contributed by atoms with Crippen LogP contribution in [0, 0.1) is 6.92 Å². The van der Waals surface area contributed by atoms with Gasteiger partial charge in [0.15, 0.2) is 0 Å². The molecule has 2 fully saturated rings. The number of hydrogen-bond donors (Lipinski definition) is 1. The number of aliphatic hydroxyl groups excluding tert-OH is 1. The average Bonchev–Trinajstić information content (AvgIpc) is 3.05. The van der Waals surface area contributed by atoms with E-state index >= 15 is 0 Å². The molecule has 3 rings (SSSR count). The van der Waals surface area contributed by atoms with Crippen molar-refractivity contribution in [3.8, 4) is 0 Å². The lowest BCUT2D eigenvalue weighted by molar-refractivity contribution is 0.00583. The number of nitrogens with zero attached hydrogens (tertiary/aromatic N) is 4. The van der Waals surface area contributed by atoms with Crippen LogP contribution < -0.4 is 0 Å². The highest BCUT2D eigenvalue weighted by atomic mass is 35.5. The van der Waals surface area contributed by atoms with E-state index in [4.69, 9.17) is 16.3 Å². The molecule has 1 N–H and O–H groups in total. The van der Waals surface area contributed by atoms with Gasteiger partial charge in [0, 0.05) is 44.8 Å². The zero-order valence-corrected chi connectivity index (χ0v) is 14.8. The second kappa shape index (κ2) is 7.49. The topological polar surface area (TPSA) is 53.8 Å². The second-order valence-electron chi connectivity index (χ2n) is 6.63. The molecule has 2 aliphatic rings. The Morgan fingerprint density at radius 1 is 1.30 bits per heavy atom. The predicted octanol–water partition coefficient (Wildman–Crippen LogP) is 1.21. The van der Waals surface area contributed by atoms with Gasteiger partial charge >= 0.3 is 0 Å². The van der Waals surface area contributed by atoms with Gasteiger partial charge in [-0.05, 0) is 26.3 Å². The molecular weight excluding hydrogens is 316 g/mol. The average molecular weight is 343 g/mol. The van der Waals surface area contributed by atoms with Crippen LogP contribution >= 0.6 is 11.6 Å². The molecule has 23 heavy (non-hydrogen) atoms. The van der Waals surface area contributed by atoms with Crippen LogP contribution in [-0.4, -0.2) is 76.7 Å². The summed E-state index contributed by atoms with van der Waals surface area (Å²) in [6, 6.07) is 0.274. The number of aliphatic hydroxyl groups is 1. The molecule has 0 radical (unpaired) electrons. The van der Waals surface area contributed by atoms with E-state index in [1.54, 1.807) is 4.68 Å². The molecule has 0 aromatic carbocycles. The molecule has 1 aromatic heterocycles. The first-order valence-electron chi connectivity index (χ1n) is 8.47. The molecule has 2 aliphatic heterocycles. The van der Waals surface area contributed by atoms with Gasteiger partial charge in [-0.1, -0.05) is 11.6 Å².